The number of nitrogens with zero attached hydrogens (tertiary/aromatic N) is 2. The molecule has 0 unspecified atom stereocenters. The molecule has 8 aromatic rings. The van der Waals surface area contributed by atoms with Crippen molar-refractivity contribution in [3.63, 3.8) is 0 Å². The van der Waals surface area contributed by atoms with E-state index in [9.17, 15) is 10.2 Å². The maximum atomic E-state index is 12.1. The lowest BCUT2D eigenvalue weighted by molar-refractivity contribution is 0.471. The van der Waals surface area contributed by atoms with Crippen LogP contribution in [0.15, 0.2) is 84.9 Å². The number of para-hydroxylation sites is 2. The molecule has 0 aromatic heterocycles. The zero-order valence-electron chi connectivity index (χ0n) is 33.7. The van der Waals surface area contributed by atoms with Crippen LogP contribution in [0.2, 0.25) is 0 Å². The quantitative estimate of drug-likeness (QED) is 0.177. The SMILES string of the molecule is Cc1c(C)c(C)c(-c2cc(N3CCc4ccccc43)c3ccc4c(-c5c(C)c(C)c(C)c(C)c5O)cc(N5CCc6ccccc65)c5ccc2c3c45)c(O)c1C. The summed E-state index contributed by atoms with van der Waals surface area (Å²) in [6, 6.07) is 31.5. The third kappa shape index (κ3) is 4.59. The van der Waals surface area contributed by atoms with Crippen molar-refractivity contribution in [2.24, 2.45) is 0 Å². The summed E-state index contributed by atoms with van der Waals surface area (Å²) < 4.78 is 0. The fourth-order valence-electron chi connectivity index (χ4n) is 10.2. The molecule has 56 heavy (non-hydrogen) atoms. The van der Waals surface area contributed by atoms with E-state index >= 15 is 0 Å². The van der Waals surface area contributed by atoms with Crippen LogP contribution >= 0.6 is 0 Å². The lowest BCUT2D eigenvalue weighted by atomic mass is 9.82. The van der Waals surface area contributed by atoms with E-state index < -0.39 is 0 Å². The number of benzene rings is 8. The third-order valence-corrected chi connectivity index (χ3v) is 14.1. The highest BCUT2D eigenvalue weighted by Crippen LogP contribution is 2.54. The second-order valence-corrected chi connectivity index (χ2v) is 16.5. The van der Waals surface area contributed by atoms with Gasteiger partial charge in [0.25, 0.3) is 0 Å². The molecule has 278 valence electrons. The normalized spacial score (nSPS) is 13.9. The fourth-order valence-corrected chi connectivity index (χ4v) is 10.2. The monoisotopic (exact) mass is 732 g/mol. The van der Waals surface area contributed by atoms with Gasteiger partial charge in [0.05, 0.1) is 0 Å². The molecule has 0 atom stereocenters. The number of anilines is 4. The Morgan fingerprint density at radius 3 is 1.16 bits per heavy atom. The zero-order valence-corrected chi connectivity index (χ0v) is 33.7. The van der Waals surface area contributed by atoms with Crippen molar-refractivity contribution < 1.29 is 10.2 Å². The summed E-state index contributed by atoms with van der Waals surface area (Å²) in [6.07, 6.45) is 1.96. The molecule has 0 spiro atoms. The van der Waals surface area contributed by atoms with E-state index in [0.29, 0.717) is 11.5 Å². The molecule has 0 radical (unpaired) electrons. The van der Waals surface area contributed by atoms with Crippen molar-refractivity contribution >= 4 is 55.1 Å². The highest BCUT2D eigenvalue weighted by Gasteiger charge is 2.30. The first kappa shape index (κ1) is 34.5. The van der Waals surface area contributed by atoms with E-state index in [1.807, 2.05) is 13.8 Å². The second-order valence-electron chi connectivity index (χ2n) is 16.5. The molecule has 0 aliphatic carbocycles. The van der Waals surface area contributed by atoms with Gasteiger partial charge in [-0.1, -0.05) is 60.7 Å². The van der Waals surface area contributed by atoms with Crippen LogP contribution in [0.5, 0.6) is 11.5 Å². The minimum atomic E-state index is 0.356. The van der Waals surface area contributed by atoms with Crippen LogP contribution in [0, 0.1) is 55.4 Å². The predicted octanol–water partition coefficient (Wildman–Crippen LogP) is 13.2. The van der Waals surface area contributed by atoms with E-state index in [1.165, 1.54) is 55.2 Å². The molecule has 2 aliphatic heterocycles. The van der Waals surface area contributed by atoms with Gasteiger partial charge < -0.3 is 20.0 Å². The topological polar surface area (TPSA) is 46.9 Å². The summed E-state index contributed by atoms with van der Waals surface area (Å²) >= 11 is 0. The number of rotatable bonds is 4. The summed E-state index contributed by atoms with van der Waals surface area (Å²) in [5, 5.41) is 31.2. The van der Waals surface area contributed by atoms with Crippen LogP contribution in [-0.4, -0.2) is 23.3 Å². The van der Waals surface area contributed by atoms with Gasteiger partial charge in [-0.3, -0.25) is 0 Å². The molecule has 0 bridgehead atoms. The maximum absolute atomic E-state index is 12.1. The highest BCUT2D eigenvalue weighted by atomic mass is 16.3. The van der Waals surface area contributed by atoms with Crippen molar-refractivity contribution in [3.05, 3.63) is 141 Å². The van der Waals surface area contributed by atoms with Crippen molar-refractivity contribution in [1.29, 1.82) is 0 Å². The van der Waals surface area contributed by atoms with Crippen LogP contribution in [0.4, 0.5) is 22.7 Å². The second kappa shape index (κ2) is 12.2. The molecule has 10 rings (SSSR count). The van der Waals surface area contributed by atoms with E-state index in [0.717, 1.165) is 104 Å². The first-order valence-electron chi connectivity index (χ1n) is 20.1. The standard InChI is InChI=1S/C52H48N2O2/c1-27-29(3)33(7)51(55)47(31(27)5)41-25-45(53-23-21-35-13-9-11-15-43(35)53)39-20-18-38-42(48-32(6)28(2)30(4)34(8)52(48)56)26-46(40-19-17-37(41)49(39)50(38)40)54-24-22-36-14-10-12-16-44(36)54/h9-20,25-26,55-56H,21-24H2,1-8H3. The number of fused-ring (bicyclic) bond motifs is 2. The molecule has 4 nitrogen and oxygen atoms in total. The molecule has 4 heteroatoms. The Morgan fingerprint density at radius 2 is 0.750 bits per heavy atom. The van der Waals surface area contributed by atoms with Crippen LogP contribution in [0.1, 0.15) is 55.6 Å². The largest absolute Gasteiger partial charge is 0.507 e. The molecule has 8 aromatic carbocycles. The molecule has 0 fully saturated rings. The minimum absolute atomic E-state index is 0.356. The van der Waals surface area contributed by atoms with E-state index in [4.69, 9.17) is 0 Å². The number of aromatic hydroxyl groups is 2. The smallest absolute Gasteiger partial charge is 0.126 e. The summed E-state index contributed by atoms with van der Waals surface area (Å²) in [5.74, 6) is 0.712. The Kier molecular flexibility index (Phi) is 7.54. The summed E-state index contributed by atoms with van der Waals surface area (Å²) in [6.45, 7) is 18.8. The van der Waals surface area contributed by atoms with Gasteiger partial charge in [0.2, 0.25) is 0 Å². The number of phenols is 2. The Balaban J connectivity index is 1.41. The average molecular weight is 733 g/mol. The first-order chi connectivity index (χ1) is 27.0. The minimum Gasteiger partial charge on any atom is -0.507 e. The molecule has 0 amide bonds. The number of hydrogen-bond donors (Lipinski definition) is 2. The molecule has 2 N–H and O–H groups in total. The molecular formula is C52H48N2O2. The van der Waals surface area contributed by atoms with Gasteiger partial charge in [-0.05, 0) is 170 Å². The van der Waals surface area contributed by atoms with E-state index in [-0.39, 0.29) is 0 Å². The third-order valence-electron chi connectivity index (χ3n) is 14.1. The van der Waals surface area contributed by atoms with Gasteiger partial charge in [0, 0.05) is 68.5 Å². The zero-order chi connectivity index (χ0) is 38.9. The summed E-state index contributed by atoms with van der Waals surface area (Å²) in [7, 11) is 0. The van der Waals surface area contributed by atoms with Gasteiger partial charge in [-0.2, -0.15) is 0 Å². The lowest BCUT2D eigenvalue weighted by Crippen LogP contribution is -2.15. The Labute approximate surface area is 329 Å². The van der Waals surface area contributed by atoms with Gasteiger partial charge in [0.15, 0.2) is 0 Å². The van der Waals surface area contributed by atoms with Crippen molar-refractivity contribution in [2.45, 2.75) is 68.2 Å². The van der Waals surface area contributed by atoms with Crippen LogP contribution in [-0.2, 0) is 12.8 Å². The lowest BCUT2D eigenvalue weighted by Gasteiger charge is -2.29. The van der Waals surface area contributed by atoms with Crippen LogP contribution < -0.4 is 9.80 Å². The van der Waals surface area contributed by atoms with Crippen LogP contribution in [0.3, 0.4) is 0 Å². The molecule has 0 saturated heterocycles. The Hall–Kier alpha value is -6.00. The van der Waals surface area contributed by atoms with E-state index in [1.54, 1.807) is 0 Å². The summed E-state index contributed by atoms with van der Waals surface area (Å²) in [5.41, 5.74) is 20.2. The van der Waals surface area contributed by atoms with Gasteiger partial charge in [0.1, 0.15) is 11.5 Å². The van der Waals surface area contributed by atoms with Gasteiger partial charge in [-0.25, -0.2) is 0 Å². The first-order valence-corrected chi connectivity index (χ1v) is 20.1. The highest BCUT2D eigenvalue weighted by molar-refractivity contribution is 6.32. The molecule has 0 saturated carbocycles. The molecule has 2 aliphatic rings. The summed E-state index contributed by atoms with van der Waals surface area (Å²) in [4.78, 5) is 4.98. The van der Waals surface area contributed by atoms with Crippen molar-refractivity contribution in [3.8, 4) is 33.8 Å². The van der Waals surface area contributed by atoms with Crippen molar-refractivity contribution in [1.82, 2.24) is 0 Å². The Morgan fingerprint density at radius 1 is 0.393 bits per heavy atom. The Bertz CT molecular complexity index is 2730. The number of phenolic OH excluding ortho intramolecular Hbond substituents is 2. The average Bonchev–Trinajstić information content (AvgIpc) is 3.85. The van der Waals surface area contributed by atoms with Crippen LogP contribution in [0.25, 0.3) is 54.6 Å². The maximum Gasteiger partial charge on any atom is 0.126 e. The molecular weight excluding hydrogens is 685 g/mol. The van der Waals surface area contributed by atoms with Gasteiger partial charge >= 0.3 is 0 Å². The predicted molar refractivity (Wildman–Crippen MR) is 237 cm³/mol. The van der Waals surface area contributed by atoms with Crippen molar-refractivity contribution in [2.75, 3.05) is 22.9 Å². The van der Waals surface area contributed by atoms with Gasteiger partial charge in [-0.15, -0.1) is 0 Å². The molecule has 2 heterocycles. The van der Waals surface area contributed by atoms with E-state index in [2.05, 4.69) is 136 Å². The fraction of sp³-hybridized carbons (Fsp3) is 0.231. The number of hydrogen-bond acceptors (Lipinski definition) is 4.